The maximum Gasteiger partial charge on any atom is 0.360 e. The molecular formula is C14H21N7O3. The van der Waals surface area contributed by atoms with Gasteiger partial charge in [0.15, 0.2) is 5.69 Å². The average Bonchev–Trinajstić information content (AvgIpc) is 3.24. The van der Waals surface area contributed by atoms with Crippen LogP contribution in [0.2, 0.25) is 0 Å². The van der Waals surface area contributed by atoms with Crippen LogP contribution < -0.4 is 4.90 Å². The summed E-state index contributed by atoms with van der Waals surface area (Å²) in [5.74, 6) is 0.682. The molecule has 1 fully saturated rings. The van der Waals surface area contributed by atoms with Crippen LogP contribution in [0.4, 0.5) is 5.95 Å². The van der Waals surface area contributed by atoms with Gasteiger partial charge in [-0.15, -0.1) is 5.10 Å². The monoisotopic (exact) mass is 335 g/mol. The van der Waals surface area contributed by atoms with Crippen molar-refractivity contribution < 1.29 is 14.1 Å². The maximum absolute atomic E-state index is 11.5. The Morgan fingerprint density at radius 2 is 2.33 bits per heavy atom. The van der Waals surface area contributed by atoms with Crippen molar-refractivity contribution in [3.63, 3.8) is 0 Å². The predicted molar refractivity (Wildman–Crippen MR) is 83.5 cm³/mol. The van der Waals surface area contributed by atoms with Crippen LogP contribution in [0.1, 0.15) is 35.3 Å². The molecule has 0 saturated carbocycles. The molecule has 3 heterocycles. The van der Waals surface area contributed by atoms with Crippen LogP contribution >= 0.6 is 0 Å². The SMILES string of the molecule is COC(=O)c1cn([C@@H]2CCCN(Cc3nc(N(C)C)no3)C2)nn1. The minimum absolute atomic E-state index is 0.154. The zero-order chi connectivity index (χ0) is 17.1. The number of likely N-dealkylation sites (tertiary alicyclic amines) is 1. The van der Waals surface area contributed by atoms with Crippen LogP contribution in [-0.4, -0.2) is 70.3 Å². The molecule has 130 valence electrons. The first-order chi connectivity index (χ1) is 11.6. The highest BCUT2D eigenvalue weighted by Crippen LogP contribution is 2.22. The molecule has 0 radical (unpaired) electrons. The summed E-state index contributed by atoms with van der Waals surface area (Å²) in [7, 11) is 5.07. The van der Waals surface area contributed by atoms with E-state index in [-0.39, 0.29) is 11.7 Å². The Morgan fingerprint density at radius 1 is 1.50 bits per heavy atom. The summed E-state index contributed by atoms with van der Waals surface area (Å²) in [5.41, 5.74) is 0.224. The Morgan fingerprint density at radius 3 is 3.04 bits per heavy atom. The third-order valence-electron chi connectivity index (χ3n) is 3.98. The molecule has 2 aromatic heterocycles. The number of esters is 1. The van der Waals surface area contributed by atoms with Gasteiger partial charge >= 0.3 is 5.97 Å². The van der Waals surface area contributed by atoms with E-state index >= 15 is 0 Å². The van der Waals surface area contributed by atoms with Gasteiger partial charge in [0.1, 0.15) is 0 Å². The van der Waals surface area contributed by atoms with Gasteiger partial charge in [0.05, 0.1) is 25.9 Å². The van der Waals surface area contributed by atoms with Crippen molar-refractivity contribution in [2.75, 3.05) is 39.2 Å². The normalized spacial score (nSPS) is 18.5. The quantitative estimate of drug-likeness (QED) is 0.716. The largest absolute Gasteiger partial charge is 0.464 e. The zero-order valence-corrected chi connectivity index (χ0v) is 14.0. The highest BCUT2D eigenvalue weighted by Gasteiger charge is 2.25. The zero-order valence-electron chi connectivity index (χ0n) is 14.0. The molecule has 0 aromatic carbocycles. The number of anilines is 1. The number of methoxy groups -OCH3 is 1. The molecule has 2 aromatic rings. The highest BCUT2D eigenvalue weighted by molar-refractivity contribution is 5.86. The van der Waals surface area contributed by atoms with Crippen LogP contribution in [-0.2, 0) is 11.3 Å². The first-order valence-corrected chi connectivity index (χ1v) is 7.79. The van der Waals surface area contributed by atoms with E-state index in [1.165, 1.54) is 7.11 Å². The fourth-order valence-corrected chi connectivity index (χ4v) is 2.73. The molecule has 3 rings (SSSR count). The van der Waals surface area contributed by atoms with E-state index in [9.17, 15) is 4.79 Å². The number of ether oxygens (including phenoxy) is 1. The molecular weight excluding hydrogens is 314 g/mol. The first kappa shape index (κ1) is 16.4. The lowest BCUT2D eigenvalue weighted by atomic mass is 10.1. The van der Waals surface area contributed by atoms with E-state index in [1.54, 1.807) is 15.8 Å². The standard InChI is InChI=1S/C14H21N7O3/c1-19(2)14-15-12(24-17-14)9-20-6-4-5-10(7-20)21-8-11(16-18-21)13(22)23-3/h8,10H,4-7,9H2,1-3H3/t10-/m1/s1. The Labute approximate surface area is 139 Å². The van der Waals surface area contributed by atoms with E-state index in [2.05, 4.69) is 30.1 Å². The Kier molecular flexibility index (Phi) is 4.74. The van der Waals surface area contributed by atoms with Gasteiger partial charge in [-0.3, -0.25) is 4.90 Å². The minimum atomic E-state index is -0.476. The smallest absolute Gasteiger partial charge is 0.360 e. The summed E-state index contributed by atoms with van der Waals surface area (Å²) in [4.78, 5) is 19.9. The van der Waals surface area contributed by atoms with Crippen LogP contribution in [0.25, 0.3) is 0 Å². The van der Waals surface area contributed by atoms with Crippen molar-refractivity contribution in [3.05, 3.63) is 17.8 Å². The first-order valence-electron chi connectivity index (χ1n) is 7.79. The Hall–Kier alpha value is -2.49. The minimum Gasteiger partial charge on any atom is -0.464 e. The maximum atomic E-state index is 11.5. The van der Waals surface area contributed by atoms with E-state index in [0.717, 1.165) is 25.9 Å². The third-order valence-corrected chi connectivity index (χ3v) is 3.98. The van der Waals surface area contributed by atoms with Crippen molar-refractivity contribution in [2.24, 2.45) is 0 Å². The second kappa shape index (κ2) is 6.95. The fourth-order valence-electron chi connectivity index (χ4n) is 2.73. The molecule has 0 amide bonds. The van der Waals surface area contributed by atoms with Gasteiger partial charge in [-0.2, -0.15) is 4.98 Å². The topological polar surface area (TPSA) is 102 Å². The molecule has 0 aliphatic carbocycles. The van der Waals surface area contributed by atoms with Crippen molar-refractivity contribution in [2.45, 2.75) is 25.4 Å². The van der Waals surface area contributed by atoms with Crippen LogP contribution in [0.15, 0.2) is 10.7 Å². The number of rotatable bonds is 5. The van der Waals surface area contributed by atoms with E-state index < -0.39 is 5.97 Å². The predicted octanol–water partition coefficient (Wildman–Crippen LogP) is 0.351. The van der Waals surface area contributed by atoms with Crippen LogP contribution in [0.3, 0.4) is 0 Å². The van der Waals surface area contributed by atoms with Gasteiger partial charge in [-0.05, 0) is 24.5 Å². The van der Waals surface area contributed by atoms with Crippen molar-refractivity contribution in [1.82, 2.24) is 30.0 Å². The second-order valence-corrected chi connectivity index (χ2v) is 5.99. The Bertz CT molecular complexity index is 696. The van der Waals surface area contributed by atoms with Crippen molar-refractivity contribution in [3.8, 4) is 0 Å². The number of aromatic nitrogens is 5. The fraction of sp³-hybridized carbons (Fsp3) is 0.643. The summed E-state index contributed by atoms with van der Waals surface area (Å²) in [6.07, 6.45) is 3.64. The van der Waals surface area contributed by atoms with Gasteiger partial charge in [0.25, 0.3) is 5.95 Å². The number of nitrogens with zero attached hydrogens (tertiary/aromatic N) is 7. The number of piperidine rings is 1. The molecule has 0 N–H and O–H groups in total. The van der Waals surface area contributed by atoms with E-state index in [0.29, 0.717) is 18.4 Å². The lowest BCUT2D eigenvalue weighted by Crippen LogP contribution is -2.36. The highest BCUT2D eigenvalue weighted by atomic mass is 16.5. The number of hydrogen-bond donors (Lipinski definition) is 0. The third kappa shape index (κ3) is 3.53. The summed E-state index contributed by atoms with van der Waals surface area (Å²) in [6, 6.07) is 0.154. The summed E-state index contributed by atoms with van der Waals surface area (Å²) in [5, 5.41) is 11.9. The summed E-state index contributed by atoms with van der Waals surface area (Å²) < 4.78 is 11.7. The molecule has 1 saturated heterocycles. The molecule has 10 heteroatoms. The number of carbonyl (C=O) groups is 1. The van der Waals surface area contributed by atoms with Gasteiger partial charge in [-0.1, -0.05) is 5.21 Å². The summed E-state index contributed by atoms with van der Waals surface area (Å²) in [6.45, 7) is 2.33. The van der Waals surface area contributed by atoms with Gasteiger partial charge < -0.3 is 14.2 Å². The van der Waals surface area contributed by atoms with Crippen molar-refractivity contribution >= 4 is 11.9 Å². The van der Waals surface area contributed by atoms with E-state index in [4.69, 9.17) is 4.52 Å². The molecule has 1 aliphatic heterocycles. The molecule has 0 bridgehead atoms. The molecule has 0 spiro atoms. The number of hydrogen-bond acceptors (Lipinski definition) is 9. The lowest BCUT2D eigenvalue weighted by Gasteiger charge is -2.31. The van der Waals surface area contributed by atoms with Gasteiger partial charge in [0, 0.05) is 20.6 Å². The van der Waals surface area contributed by atoms with Gasteiger partial charge in [0.2, 0.25) is 5.89 Å². The van der Waals surface area contributed by atoms with Crippen LogP contribution in [0.5, 0.6) is 0 Å². The molecule has 10 nitrogen and oxygen atoms in total. The molecule has 1 atom stereocenters. The second-order valence-electron chi connectivity index (χ2n) is 5.99. The van der Waals surface area contributed by atoms with E-state index in [1.807, 2.05) is 14.1 Å². The molecule has 0 unspecified atom stereocenters. The Balaban J connectivity index is 1.63. The van der Waals surface area contributed by atoms with Crippen molar-refractivity contribution in [1.29, 1.82) is 0 Å². The lowest BCUT2D eigenvalue weighted by molar-refractivity contribution is 0.0594. The average molecular weight is 335 g/mol. The van der Waals surface area contributed by atoms with Gasteiger partial charge in [-0.25, -0.2) is 9.48 Å². The molecule has 1 aliphatic rings. The number of carbonyl (C=O) groups excluding carboxylic acids is 1. The van der Waals surface area contributed by atoms with Crippen LogP contribution in [0, 0.1) is 0 Å². The molecule has 24 heavy (non-hydrogen) atoms. The summed E-state index contributed by atoms with van der Waals surface area (Å²) >= 11 is 0.